The Bertz CT molecular complexity index is 1120. The van der Waals surface area contributed by atoms with Crippen molar-refractivity contribution in [2.75, 3.05) is 23.7 Å². The van der Waals surface area contributed by atoms with Crippen molar-refractivity contribution in [1.29, 1.82) is 0 Å². The van der Waals surface area contributed by atoms with Crippen molar-refractivity contribution in [2.45, 2.75) is 40.3 Å². The fourth-order valence-corrected chi connectivity index (χ4v) is 4.86. The average molecular weight is 514 g/mol. The number of rotatable bonds is 9. The minimum atomic E-state index is -3.79. The fourth-order valence-electron chi connectivity index (χ4n) is 3.44. The van der Waals surface area contributed by atoms with Crippen LogP contribution >= 0.6 is 23.2 Å². The van der Waals surface area contributed by atoms with Crippen molar-refractivity contribution >= 4 is 50.7 Å². The van der Waals surface area contributed by atoms with Gasteiger partial charge in [0.1, 0.15) is 12.6 Å². The van der Waals surface area contributed by atoms with Gasteiger partial charge in [0.2, 0.25) is 21.8 Å². The summed E-state index contributed by atoms with van der Waals surface area (Å²) in [6.07, 6.45) is 1.04. The molecule has 180 valence electrons. The predicted octanol–water partition coefficient (Wildman–Crippen LogP) is 3.93. The van der Waals surface area contributed by atoms with Crippen molar-refractivity contribution in [3.63, 3.8) is 0 Å². The van der Waals surface area contributed by atoms with Gasteiger partial charge in [0.25, 0.3) is 0 Å². The first kappa shape index (κ1) is 27.0. The summed E-state index contributed by atoms with van der Waals surface area (Å²) in [4.78, 5) is 27.4. The molecule has 0 aromatic heterocycles. The van der Waals surface area contributed by atoms with Gasteiger partial charge in [0, 0.05) is 28.7 Å². The maximum Gasteiger partial charge on any atom is 0.244 e. The van der Waals surface area contributed by atoms with Crippen molar-refractivity contribution in [3.05, 3.63) is 63.1 Å². The molecule has 2 aromatic rings. The molecule has 1 N–H and O–H groups in total. The van der Waals surface area contributed by atoms with Gasteiger partial charge in [-0.2, -0.15) is 0 Å². The van der Waals surface area contributed by atoms with Crippen LogP contribution in [0.15, 0.2) is 36.4 Å². The Morgan fingerprint density at radius 3 is 2.21 bits per heavy atom. The fraction of sp³-hybridized carbons (Fsp3) is 0.391. The van der Waals surface area contributed by atoms with E-state index in [1.54, 1.807) is 51.1 Å². The van der Waals surface area contributed by atoms with E-state index in [9.17, 15) is 18.0 Å². The molecule has 0 spiro atoms. The number of carbonyl (C=O) groups excluding carboxylic acids is 2. The summed E-state index contributed by atoms with van der Waals surface area (Å²) >= 11 is 12.6. The normalized spacial score (nSPS) is 12.2. The molecule has 1 unspecified atom stereocenters. The standard InChI is InChI=1S/C23H29Cl2N3O4S/c1-6-26-23(30)17(4)27(13-18-19(24)8-7-9-20(18)25)22(29)14-28(33(5,31)32)21-11-10-15(2)12-16(21)3/h7-12,17H,6,13-14H2,1-5H3,(H,26,30). The molecular weight excluding hydrogens is 485 g/mol. The molecule has 2 aromatic carbocycles. The highest BCUT2D eigenvalue weighted by molar-refractivity contribution is 7.92. The predicted molar refractivity (Wildman–Crippen MR) is 133 cm³/mol. The monoisotopic (exact) mass is 513 g/mol. The van der Waals surface area contributed by atoms with E-state index in [1.165, 1.54) is 4.90 Å². The number of carbonyl (C=O) groups is 2. The first-order valence-electron chi connectivity index (χ1n) is 10.4. The van der Waals surface area contributed by atoms with E-state index in [0.717, 1.165) is 16.1 Å². The molecular formula is C23H29Cl2N3O4S. The summed E-state index contributed by atoms with van der Waals surface area (Å²) in [5, 5.41) is 3.39. The number of sulfonamides is 1. The summed E-state index contributed by atoms with van der Waals surface area (Å²) < 4.78 is 26.3. The second-order valence-corrected chi connectivity index (χ2v) is 10.6. The molecule has 0 aliphatic rings. The van der Waals surface area contributed by atoms with Crippen LogP contribution in [-0.2, 0) is 26.2 Å². The summed E-state index contributed by atoms with van der Waals surface area (Å²) in [6.45, 7) is 6.88. The summed E-state index contributed by atoms with van der Waals surface area (Å²) in [7, 11) is -3.79. The Balaban J connectivity index is 2.48. The molecule has 7 nitrogen and oxygen atoms in total. The lowest BCUT2D eigenvalue weighted by molar-refractivity contribution is -0.139. The molecule has 2 rings (SSSR count). The van der Waals surface area contributed by atoms with Crippen LogP contribution in [-0.4, -0.2) is 50.5 Å². The Kier molecular flexibility index (Phi) is 9.17. The number of nitrogens with zero attached hydrogens (tertiary/aromatic N) is 2. The van der Waals surface area contributed by atoms with Crippen LogP contribution in [0.25, 0.3) is 0 Å². The average Bonchev–Trinajstić information content (AvgIpc) is 2.71. The molecule has 2 amide bonds. The topological polar surface area (TPSA) is 86.8 Å². The molecule has 33 heavy (non-hydrogen) atoms. The maximum absolute atomic E-state index is 13.5. The molecule has 0 radical (unpaired) electrons. The van der Waals surface area contributed by atoms with Gasteiger partial charge in [-0.1, -0.05) is 47.0 Å². The number of anilines is 1. The Morgan fingerprint density at radius 2 is 1.70 bits per heavy atom. The SMILES string of the molecule is CCNC(=O)C(C)N(Cc1c(Cl)cccc1Cl)C(=O)CN(c1ccc(C)cc1C)S(C)(=O)=O. The molecule has 0 fully saturated rings. The molecule has 1 atom stereocenters. The number of nitrogens with one attached hydrogen (secondary N) is 1. The summed E-state index contributed by atoms with van der Waals surface area (Å²) in [5.74, 6) is -0.929. The van der Waals surface area contributed by atoms with Gasteiger partial charge < -0.3 is 10.2 Å². The number of hydrogen-bond acceptors (Lipinski definition) is 4. The molecule has 0 heterocycles. The number of halogens is 2. The van der Waals surface area contributed by atoms with Crippen LogP contribution in [0.5, 0.6) is 0 Å². The third kappa shape index (κ3) is 6.85. The smallest absolute Gasteiger partial charge is 0.244 e. The van der Waals surface area contributed by atoms with E-state index in [4.69, 9.17) is 23.2 Å². The number of aryl methyl sites for hydroxylation is 2. The minimum absolute atomic E-state index is 0.0554. The summed E-state index contributed by atoms with van der Waals surface area (Å²) in [5.41, 5.74) is 2.56. The van der Waals surface area contributed by atoms with Crippen LogP contribution in [0.2, 0.25) is 10.0 Å². The van der Waals surface area contributed by atoms with Crippen LogP contribution in [0, 0.1) is 13.8 Å². The maximum atomic E-state index is 13.5. The zero-order valence-electron chi connectivity index (χ0n) is 19.4. The lowest BCUT2D eigenvalue weighted by atomic mass is 10.1. The van der Waals surface area contributed by atoms with E-state index < -0.39 is 28.5 Å². The lowest BCUT2D eigenvalue weighted by Gasteiger charge is -2.32. The van der Waals surface area contributed by atoms with Crippen LogP contribution in [0.4, 0.5) is 5.69 Å². The Morgan fingerprint density at radius 1 is 1.09 bits per heavy atom. The molecule has 0 bridgehead atoms. The van der Waals surface area contributed by atoms with Gasteiger partial charge in [-0.3, -0.25) is 13.9 Å². The van der Waals surface area contributed by atoms with Crippen molar-refractivity contribution in [1.82, 2.24) is 10.2 Å². The molecule has 10 heteroatoms. The van der Waals surface area contributed by atoms with E-state index in [2.05, 4.69) is 5.32 Å². The van der Waals surface area contributed by atoms with E-state index in [0.29, 0.717) is 33.4 Å². The molecule has 0 saturated carbocycles. The molecule has 0 saturated heterocycles. The molecule has 0 aliphatic carbocycles. The second kappa shape index (κ2) is 11.2. The quantitative estimate of drug-likeness (QED) is 0.550. The van der Waals surface area contributed by atoms with Gasteiger partial charge in [0.05, 0.1) is 11.9 Å². The van der Waals surface area contributed by atoms with Gasteiger partial charge in [-0.25, -0.2) is 8.42 Å². The number of amides is 2. The third-order valence-electron chi connectivity index (χ3n) is 5.21. The zero-order chi connectivity index (χ0) is 24.9. The van der Waals surface area contributed by atoms with Gasteiger partial charge in [-0.05, 0) is 51.5 Å². The highest BCUT2D eigenvalue weighted by Gasteiger charge is 2.31. The lowest BCUT2D eigenvalue weighted by Crippen LogP contribution is -2.51. The number of benzene rings is 2. The first-order valence-corrected chi connectivity index (χ1v) is 13.0. The van der Waals surface area contributed by atoms with E-state index in [1.807, 2.05) is 13.0 Å². The molecule has 0 aliphatic heterocycles. The Hall–Kier alpha value is -2.29. The van der Waals surface area contributed by atoms with E-state index in [-0.39, 0.29) is 12.5 Å². The van der Waals surface area contributed by atoms with Gasteiger partial charge >= 0.3 is 0 Å². The highest BCUT2D eigenvalue weighted by atomic mass is 35.5. The second-order valence-electron chi connectivity index (χ2n) is 7.85. The number of likely N-dealkylation sites (N-methyl/N-ethyl adjacent to an activating group) is 1. The van der Waals surface area contributed by atoms with Crippen LogP contribution in [0.3, 0.4) is 0 Å². The summed E-state index contributed by atoms with van der Waals surface area (Å²) in [6, 6.07) is 9.37. The van der Waals surface area contributed by atoms with Crippen LogP contribution in [0.1, 0.15) is 30.5 Å². The van der Waals surface area contributed by atoms with Crippen molar-refractivity contribution in [2.24, 2.45) is 0 Å². The number of hydrogen-bond donors (Lipinski definition) is 1. The third-order valence-corrected chi connectivity index (χ3v) is 7.04. The van der Waals surface area contributed by atoms with Gasteiger partial charge in [0.15, 0.2) is 0 Å². The largest absolute Gasteiger partial charge is 0.355 e. The highest BCUT2D eigenvalue weighted by Crippen LogP contribution is 2.28. The van der Waals surface area contributed by atoms with Crippen LogP contribution < -0.4 is 9.62 Å². The zero-order valence-corrected chi connectivity index (χ0v) is 21.7. The van der Waals surface area contributed by atoms with Crippen molar-refractivity contribution in [3.8, 4) is 0 Å². The first-order chi connectivity index (χ1) is 15.4. The van der Waals surface area contributed by atoms with E-state index >= 15 is 0 Å². The van der Waals surface area contributed by atoms with Gasteiger partial charge in [-0.15, -0.1) is 0 Å². The minimum Gasteiger partial charge on any atom is -0.355 e. The Labute approximate surface area is 205 Å². The van der Waals surface area contributed by atoms with Crippen molar-refractivity contribution < 1.29 is 18.0 Å².